The van der Waals surface area contributed by atoms with E-state index >= 15 is 0 Å². The van der Waals surface area contributed by atoms with E-state index in [1.54, 1.807) is 0 Å². The Kier molecular flexibility index (Phi) is 5.44. The van der Waals surface area contributed by atoms with Crippen molar-refractivity contribution >= 4 is 39.4 Å². The zero-order chi connectivity index (χ0) is 18.0. The molecule has 1 amide bonds. The average Bonchev–Trinajstić information content (AvgIpc) is 3.08. The largest absolute Gasteiger partial charge is 0.379 e. The van der Waals surface area contributed by atoms with Gasteiger partial charge in [0.1, 0.15) is 3.70 Å². The van der Waals surface area contributed by atoms with Crippen molar-refractivity contribution in [3.63, 3.8) is 0 Å². The first-order chi connectivity index (χ1) is 12.7. The minimum Gasteiger partial charge on any atom is -0.379 e. The lowest BCUT2D eigenvalue weighted by Gasteiger charge is -2.47. The molecule has 0 spiro atoms. The van der Waals surface area contributed by atoms with Crippen molar-refractivity contribution in [2.45, 2.75) is 18.4 Å². The second kappa shape index (κ2) is 7.79. The third-order valence-corrected chi connectivity index (χ3v) is 6.16. The van der Waals surface area contributed by atoms with E-state index in [0.29, 0.717) is 18.7 Å². The SMILES string of the molecule is O=C(NCC1(N2CCOCC2)CCCOC1)c1ccc2[nH]nc(I)c2c1. The molecule has 1 atom stereocenters. The number of fused-ring (bicyclic) bond motifs is 1. The van der Waals surface area contributed by atoms with Gasteiger partial charge in [0.25, 0.3) is 5.91 Å². The summed E-state index contributed by atoms with van der Waals surface area (Å²) >= 11 is 2.17. The molecule has 1 unspecified atom stereocenters. The molecule has 2 aromatic rings. The van der Waals surface area contributed by atoms with Crippen LogP contribution in [0.3, 0.4) is 0 Å². The van der Waals surface area contributed by atoms with Crippen LogP contribution in [0.4, 0.5) is 0 Å². The highest BCUT2D eigenvalue weighted by Gasteiger charge is 2.39. The van der Waals surface area contributed by atoms with Crippen LogP contribution in [0.2, 0.25) is 0 Å². The van der Waals surface area contributed by atoms with Crippen molar-refractivity contribution in [3.8, 4) is 0 Å². The Balaban J connectivity index is 1.48. The molecule has 2 fully saturated rings. The minimum absolute atomic E-state index is 0.0536. The lowest BCUT2D eigenvalue weighted by molar-refractivity contribution is -0.0840. The lowest BCUT2D eigenvalue weighted by Crippen LogP contribution is -2.62. The van der Waals surface area contributed by atoms with Crippen molar-refractivity contribution < 1.29 is 14.3 Å². The van der Waals surface area contributed by atoms with Gasteiger partial charge in [-0.3, -0.25) is 14.8 Å². The Hall–Kier alpha value is -1.23. The number of ether oxygens (including phenoxy) is 2. The van der Waals surface area contributed by atoms with Gasteiger partial charge >= 0.3 is 0 Å². The summed E-state index contributed by atoms with van der Waals surface area (Å²) in [6.45, 7) is 5.31. The number of amides is 1. The normalized spacial score (nSPS) is 24.7. The Labute approximate surface area is 165 Å². The zero-order valence-corrected chi connectivity index (χ0v) is 16.8. The molecule has 2 saturated heterocycles. The smallest absolute Gasteiger partial charge is 0.251 e. The van der Waals surface area contributed by atoms with Crippen LogP contribution in [-0.2, 0) is 9.47 Å². The number of rotatable bonds is 4. The summed E-state index contributed by atoms with van der Waals surface area (Å²) in [5.74, 6) is -0.0536. The number of hydrogen-bond donors (Lipinski definition) is 2. The molecule has 7 nitrogen and oxygen atoms in total. The maximum absolute atomic E-state index is 12.8. The molecular formula is C18H23IN4O3. The van der Waals surface area contributed by atoms with Crippen LogP contribution in [0.5, 0.6) is 0 Å². The summed E-state index contributed by atoms with van der Waals surface area (Å²) in [6, 6.07) is 5.64. The van der Waals surface area contributed by atoms with Gasteiger partial charge in [0.2, 0.25) is 0 Å². The second-order valence-electron chi connectivity index (χ2n) is 6.94. The average molecular weight is 470 g/mol. The summed E-state index contributed by atoms with van der Waals surface area (Å²) in [5.41, 5.74) is 1.47. The number of nitrogens with one attached hydrogen (secondary N) is 2. The predicted octanol–water partition coefficient (Wildman–Crippen LogP) is 1.78. The number of H-pyrrole nitrogens is 1. The second-order valence-corrected chi connectivity index (χ2v) is 7.96. The summed E-state index contributed by atoms with van der Waals surface area (Å²) in [6.07, 6.45) is 2.05. The van der Waals surface area contributed by atoms with Crippen molar-refractivity contribution in [3.05, 3.63) is 27.5 Å². The maximum Gasteiger partial charge on any atom is 0.251 e. The number of aromatic nitrogens is 2. The molecule has 140 valence electrons. The molecule has 2 aliphatic heterocycles. The highest BCUT2D eigenvalue weighted by Crippen LogP contribution is 2.27. The van der Waals surface area contributed by atoms with Crippen LogP contribution in [-0.4, -0.2) is 72.6 Å². The quantitative estimate of drug-likeness (QED) is 0.667. The molecule has 2 N–H and O–H groups in total. The van der Waals surface area contributed by atoms with E-state index in [2.05, 4.69) is 43.0 Å². The van der Waals surface area contributed by atoms with Gasteiger partial charge in [-0.15, -0.1) is 0 Å². The van der Waals surface area contributed by atoms with E-state index in [4.69, 9.17) is 9.47 Å². The molecule has 0 bridgehead atoms. The Morgan fingerprint density at radius 1 is 1.31 bits per heavy atom. The van der Waals surface area contributed by atoms with E-state index in [9.17, 15) is 4.79 Å². The number of halogens is 1. The minimum atomic E-state index is -0.133. The molecule has 3 heterocycles. The summed E-state index contributed by atoms with van der Waals surface area (Å²) in [5, 5.41) is 11.3. The number of morpholine rings is 1. The van der Waals surface area contributed by atoms with E-state index in [0.717, 1.165) is 60.4 Å². The molecule has 26 heavy (non-hydrogen) atoms. The molecular weight excluding hydrogens is 447 g/mol. The monoisotopic (exact) mass is 470 g/mol. The number of hydrogen-bond acceptors (Lipinski definition) is 5. The molecule has 1 aromatic heterocycles. The van der Waals surface area contributed by atoms with Gasteiger partial charge < -0.3 is 14.8 Å². The standard InChI is InChI=1S/C18H23IN4O3/c19-16-14-10-13(2-3-15(14)21-22-16)17(24)20-11-18(4-1-7-26-12-18)23-5-8-25-9-6-23/h2-3,10H,1,4-9,11-12H2,(H,20,24)(H,21,22). The molecule has 0 radical (unpaired) electrons. The van der Waals surface area contributed by atoms with Crippen LogP contribution in [0.15, 0.2) is 18.2 Å². The highest BCUT2D eigenvalue weighted by molar-refractivity contribution is 14.1. The Morgan fingerprint density at radius 2 is 2.15 bits per heavy atom. The fourth-order valence-electron chi connectivity index (χ4n) is 3.85. The highest BCUT2D eigenvalue weighted by atomic mass is 127. The van der Waals surface area contributed by atoms with E-state index in [1.165, 1.54) is 0 Å². The van der Waals surface area contributed by atoms with Crippen molar-refractivity contribution in [2.24, 2.45) is 0 Å². The Morgan fingerprint density at radius 3 is 2.92 bits per heavy atom. The molecule has 4 rings (SSSR count). The van der Waals surface area contributed by atoms with Gasteiger partial charge in [0, 0.05) is 37.2 Å². The summed E-state index contributed by atoms with van der Waals surface area (Å²) in [4.78, 5) is 15.2. The van der Waals surface area contributed by atoms with Gasteiger partial charge in [-0.1, -0.05) is 0 Å². The van der Waals surface area contributed by atoms with Crippen molar-refractivity contribution in [1.82, 2.24) is 20.4 Å². The zero-order valence-electron chi connectivity index (χ0n) is 14.6. The van der Waals surface area contributed by atoms with Crippen LogP contribution in [0.1, 0.15) is 23.2 Å². The van der Waals surface area contributed by atoms with Gasteiger partial charge in [0.05, 0.1) is 30.9 Å². The molecule has 0 saturated carbocycles. The van der Waals surface area contributed by atoms with E-state index < -0.39 is 0 Å². The summed E-state index contributed by atoms with van der Waals surface area (Å²) < 4.78 is 12.2. The van der Waals surface area contributed by atoms with E-state index in [-0.39, 0.29) is 11.4 Å². The van der Waals surface area contributed by atoms with Gasteiger partial charge in [0.15, 0.2) is 0 Å². The summed E-state index contributed by atoms with van der Waals surface area (Å²) in [7, 11) is 0. The fourth-order valence-corrected chi connectivity index (χ4v) is 4.41. The van der Waals surface area contributed by atoms with Crippen LogP contribution >= 0.6 is 22.6 Å². The van der Waals surface area contributed by atoms with Gasteiger partial charge in [-0.25, -0.2) is 0 Å². The molecule has 0 aliphatic carbocycles. The third kappa shape index (κ3) is 3.60. The molecule has 8 heteroatoms. The molecule has 1 aromatic carbocycles. The first kappa shape index (κ1) is 18.1. The van der Waals surface area contributed by atoms with Gasteiger partial charge in [-0.05, 0) is 53.6 Å². The predicted molar refractivity (Wildman–Crippen MR) is 106 cm³/mol. The number of aromatic amines is 1. The number of carbonyl (C=O) groups is 1. The van der Waals surface area contributed by atoms with Gasteiger partial charge in [-0.2, -0.15) is 5.10 Å². The lowest BCUT2D eigenvalue weighted by atomic mass is 9.89. The van der Waals surface area contributed by atoms with Crippen LogP contribution in [0.25, 0.3) is 10.9 Å². The van der Waals surface area contributed by atoms with Crippen molar-refractivity contribution in [2.75, 3.05) is 46.1 Å². The van der Waals surface area contributed by atoms with Crippen LogP contribution in [0, 0.1) is 3.70 Å². The van der Waals surface area contributed by atoms with Crippen LogP contribution < -0.4 is 5.32 Å². The fraction of sp³-hybridized carbons (Fsp3) is 0.556. The Bertz CT molecular complexity index is 782. The number of carbonyl (C=O) groups excluding carboxylic acids is 1. The van der Waals surface area contributed by atoms with E-state index in [1.807, 2.05) is 18.2 Å². The molecule has 2 aliphatic rings. The number of nitrogens with zero attached hydrogens (tertiary/aromatic N) is 2. The first-order valence-electron chi connectivity index (χ1n) is 9.00. The maximum atomic E-state index is 12.8. The topological polar surface area (TPSA) is 79.5 Å². The number of benzene rings is 1. The first-order valence-corrected chi connectivity index (χ1v) is 10.1. The third-order valence-electron chi connectivity index (χ3n) is 5.34. The van der Waals surface area contributed by atoms with Crippen molar-refractivity contribution in [1.29, 1.82) is 0 Å².